The van der Waals surface area contributed by atoms with E-state index in [0.29, 0.717) is 19.4 Å². The number of hydrogen-bond donors (Lipinski definition) is 1. The number of amides is 1. The molecule has 27 heavy (non-hydrogen) atoms. The SMILES string of the molecule is CCc1cccc(C)c1NC(=O)C1CCCN(S(=O)(=O)c2cccnc2)C1. The van der Waals surface area contributed by atoms with Gasteiger partial charge in [-0.1, -0.05) is 25.1 Å². The Hall–Kier alpha value is -2.25. The molecule has 0 aliphatic carbocycles. The lowest BCUT2D eigenvalue weighted by Gasteiger charge is -2.31. The number of sulfonamides is 1. The summed E-state index contributed by atoms with van der Waals surface area (Å²) in [5.74, 6) is -0.486. The molecule has 1 unspecified atom stereocenters. The Labute approximate surface area is 160 Å². The normalized spacial score (nSPS) is 18.2. The largest absolute Gasteiger partial charge is 0.325 e. The van der Waals surface area contributed by atoms with Crippen LogP contribution in [0.5, 0.6) is 0 Å². The molecule has 1 aliphatic heterocycles. The van der Waals surface area contributed by atoms with E-state index in [2.05, 4.69) is 10.3 Å². The van der Waals surface area contributed by atoms with Crippen molar-refractivity contribution in [3.63, 3.8) is 0 Å². The summed E-state index contributed by atoms with van der Waals surface area (Å²) in [6, 6.07) is 9.09. The molecule has 144 valence electrons. The highest BCUT2D eigenvalue weighted by Gasteiger charge is 2.33. The van der Waals surface area contributed by atoms with Crippen molar-refractivity contribution in [1.82, 2.24) is 9.29 Å². The maximum Gasteiger partial charge on any atom is 0.244 e. The first-order valence-corrected chi connectivity index (χ1v) is 10.7. The summed E-state index contributed by atoms with van der Waals surface area (Å²) in [6.07, 6.45) is 5.05. The highest BCUT2D eigenvalue weighted by Crippen LogP contribution is 2.26. The van der Waals surface area contributed by atoms with Gasteiger partial charge in [0, 0.05) is 31.2 Å². The number of pyridine rings is 1. The Bertz CT molecular complexity index is 913. The quantitative estimate of drug-likeness (QED) is 0.855. The Morgan fingerprint density at radius 1 is 1.30 bits per heavy atom. The Morgan fingerprint density at radius 2 is 2.11 bits per heavy atom. The second kappa shape index (κ2) is 8.19. The van der Waals surface area contributed by atoms with Gasteiger partial charge in [0.25, 0.3) is 0 Å². The molecule has 1 amide bonds. The number of aryl methyl sites for hydroxylation is 2. The first-order valence-electron chi connectivity index (χ1n) is 9.23. The summed E-state index contributed by atoms with van der Waals surface area (Å²) in [5.41, 5.74) is 2.94. The van der Waals surface area contributed by atoms with E-state index in [-0.39, 0.29) is 23.3 Å². The number of hydrogen-bond acceptors (Lipinski definition) is 4. The maximum atomic E-state index is 12.9. The minimum absolute atomic E-state index is 0.120. The van der Waals surface area contributed by atoms with Gasteiger partial charge < -0.3 is 5.32 Å². The van der Waals surface area contributed by atoms with Gasteiger partial charge in [-0.05, 0) is 49.4 Å². The molecule has 0 radical (unpaired) electrons. The van der Waals surface area contributed by atoms with Crippen molar-refractivity contribution in [3.8, 4) is 0 Å². The van der Waals surface area contributed by atoms with Crippen molar-refractivity contribution < 1.29 is 13.2 Å². The van der Waals surface area contributed by atoms with Crippen molar-refractivity contribution in [2.24, 2.45) is 5.92 Å². The van der Waals surface area contributed by atoms with E-state index in [1.165, 1.54) is 16.6 Å². The zero-order chi connectivity index (χ0) is 19.4. The summed E-state index contributed by atoms with van der Waals surface area (Å²) in [5, 5.41) is 3.04. The molecule has 1 fully saturated rings. The Morgan fingerprint density at radius 3 is 2.81 bits per heavy atom. The number of piperidine rings is 1. The van der Waals surface area contributed by atoms with E-state index in [9.17, 15) is 13.2 Å². The van der Waals surface area contributed by atoms with Gasteiger partial charge in [0.05, 0.1) is 5.92 Å². The molecule has 6 nitrogen and oxygen atoms in total. The number of anilines is 1. The van der Waals surface area contributed by atoms with Crippen LogP contribution in [0.25, 0.3) is 0 Å². The number of carbonyl (C=O) groups is 1. The zero-order valence-electron chi connectivity index (χ0n) is 15.7. The number of rotatable bonds is 5. The van der Waals surface area contributed by atoms with Crippen LogP contribution in [0.2, 0.25) is 0 Å². The number of benzene rings is 1. The van der Waals surface area contributed by atoms with Gasteiger partial charge in [0.2, 0.25) is 15.9 Å². The second-order valence-corrected chi connectivity index (χ2v) is 8.78. The van der Waals surface area contributed by atoms with Crippen LogP contribution in [0.1, 0.15) is 30.9 Å². The minimum Gasteiger partial charge on any atom is -0.325 e. The zero-order valence-corrected chi connectivity index (χ0v) is 16.5. The molecule has 0 saturated carbocycles. The average molecular weight is 388 g/mol. The van der Waals surface area contributed by atoms with Gasteiger partial charge in [0.15, 0.2) is 0 Å². The molecule has 0 spiro atoms. The monoisotopic (exact) mass is 387 g/mol. The molecule has 1 atom stereocenters. The summed E-state index contributed by atoms with van der Waals surface area (Å²) < 4.78 is 27.0. The standard InChI is InChI=1S/C20H25N3O3S/c1-3-16-8-4-7-15(2)19(16)22-20(24)17-9-6-12-23(14-17)27(25,26)18-10-5-11-21-13-18/h4-5,7-8,10-11,13,17H,3,6,9,12,14H2,1-2H3,(H,22,24). The summed E-state index contributed by atoms with van der Waals surface area (Å²) in [7, 11) is -3.63. The number of para-hydroxylation sites is 1. The Balaban J connectivity index is 1.76. The smallest absolute Gasteiger partial charge is 0.244 e. The van der Waals surface area contributed by atoms with E-state index in [0.717, 1.165) is 23.2 Å². The Kier molecular flexibility index (Phi) is 5.92. The second-order valence-electron chi connectivity index (χ2n) is 6.84. The molecule has 1 aromatic carbocycles. The van der Waals surface area contributed by atoms with E-state index in [4.69, 9.17) is 0 Å². The third kappa shape index (κ3) is 4.20. The third-order valence-corrected chi connectivity index (χ3v) is 6.86. The molecule has 1 aliphatic rings. The molecule has 1 N–H and O–H groups in total. The first-order chi connectivity index (χ1) is 12.9. The predicted octanol–water partition coefficient (Wildman–Crippen LogP) is 2.99. The van der Waals surface area contributed by atoms with Crippen LogP contribution < -0.4 is 5.32 Å². The van der Waals surface area contributed by atoms with Crippen molar-refractivity contribution in [2.45, 2.75) is 38.0 Å². The van der Waals surface area contributed by atoms with Gasteiger partial charge >= 0.3 is 0 Å². The number of carbonyl (C=O) groups excluding carboxylic acids is 1. The molecule has 7 heteroatoms. The highest BCUT2D eigenvalue weighted by atomic mass is 32.2. The van der Waals surface area contributed by atoms with Crippen LogP contribution in [-0.2, 0) is 21.2 Å². The van der Waals surface area contributed by atoms with Gasteiger partial charge in [-0.2, -0.15) is 4.31 Å². The third-order valence-electron chi connectivity index (χ3n) is 5.02. The van der Waals surface area contributed by atoms with E-state index in [1.807, 2.05) is 32.0 Å². The summed E-state index contributed by atoms with van der Waals surface area (Å²) >= 11 is 0. The van der Waals surface area contributed by atoms with E-state index < -0.39 is 10.0 Å². The molecule has 1 saturated heterocycles. The molecule has 0 bridgehead atoms. The highest BCUT2D eigenvalue weighted by molar-refractivity contribution is 7.89. The van der Waals surface area contributed by atoms with Crippen molar-refractivity contribution in [3.05, 3.63) is 53.9 Å². The minimum atomic E-state index is -3.63. The van der Waals surface area contributed by atoms with E-state index in [1.54, 1.807) is 12.3 Å². The molecular formula is C20H25N3O3S. The fraction of sp³-hybridized carbons (Fsp3) is 0.400. The van der Waals surface area contributed by atoms with Crippen molar-refractivity contribution in [2.75, 3.05) is 18.4 Å². The van der Waals surface area contributed by atoms with Crippen LogP contribution in [-0.4, -0.2) is 36.7 Å². The number of nitrogens with zero attached hydrogens (tertiary/aromatic N) is 2. The van der Waals surface area contributed by atoms with E-state index >= 15 is 0 Å². The average Bonchev–Trinajstić information content (AvgIpc) is 2.70. The van der Waals surface area contributed by atoms with Crippen LogP contribution >= 0.6 is 0 Å². The van der Waals surface area contributed by atoms with Gasteiger partial charge in [-0.25, -0.2) is 8.42 Å². The fourth-order valence-corrected chi connectivity index (χ4v) is 4.94. The van der Waals surface area contributed by atoms with Gasteiger partial charge in [-0.15, -0.1) is 0 Å². The van der Waals surface area contributed by atoms with Crippen LogP contribution in [0.4, 0.5) is 5.69 Å². The lowest BCUT2D eigenvalue weighted by atomic mass is 9.98. The topological polar surface area (TPSA) is 79.4 Å². The van der Waals surface area contributed by atoms with Crippen LogP contribution in [0.15, 0.2) is 47.6 Å². The predicted molar refractivity (Wildman–Crippen MR) is 105 cm³/mol. The fourth-order valence-electron chi connectivity index (χ4n) is 3.45. The van der Waals surface area contributed by atoms with Crippen molar-refractivity contribution in [1.29, 1.82) is 0 Å². The van der Waals surface area contributed by atoms with Crippen LogP contribution in [0, 0.1) is 12.8 Å². The van der Waals surface area contributed by atoms with Crippen LogP contribution in [0.3, 0.4) is 0 Å². The summed E-state index contributed by atoms with van der Waals surface area (Å²) in [6.45, 7) is 4.63. The lowest BCUT2D eigenvalue weighted by Crippen LogP contribution is -2.43. The van der Waals surface area contributed by atoms with Gasteiger partial charge in [-0.3, -0.25) is 9.78 Å². The first kappa shape index (κ1) is 19.5. The number of aromatic nitrogens is 1. The molecule has 3 rings (SSSR count). The summed E-state index contributed by atoms with van der Waals surface area (Å²) in [4.78, 5) is 16.9. The number of nitrogens with one attached hydrogen (secondary N) is 1. The lowest BCUT2D eigenvalue weighted by molar-refractivity contribution is -0.120. The van der Waals surface area contributed by atoms with Crippen molar-refractivity contribution >= 4 is 21.6 Å². The molecule has 2 aromatic rings. The maximum absolute atomic E-state index is 12.9. The molecule has 1 aromatic heterocycles. The molecular weight excluding hydrogens is 362 g/mol. The van der Waals surface area contributed by atoms with Gasteiger partial charge in [0.1, 0.15) is 4.90 Å². The molecule has 2 heterocycles.